The zero-order chi connectivity index (χ0) is 37.5. The van der Waals surface area contributed by atoms with E-state index in [1.165, 1.54) is 0 Å². The number of carbonyl (C=O) groups is 3. The maximum atomic E-state index is 13.4. The van der Waals surface area contributed by atoms with Gasteiger partial charge in [0.05, 0.1) is 11.9 Å². The Morgan fingerprint density at radius 3 is 2.56 bits per heavy atom. The normalized spacial score (nSPS) is 17.6. The summed E-state index contributed by atoms with van der Waals surface area (Å²) >= 11 is 0. The monoisotopic (exact) mass is 738 g/mol. The summed E-state index contributed by atoms with van der Waals surface area (Å²) < 4.78 is 5.71. The molecule has 0 atom stereocenters. The fraction of sp³-hybridized carbons (Fsp3) is 0.317. The fourth-order valence-corrected chi connectivity index (χ4v) is 7.83. The first-order chi connectivity index (χ1) is 26.8. The smallest absolute Gasteiger partial charge is 0.328 e. The van der Waals surface area contributed by atoms with Gasteiger partial charge in [0.15, 0.2) is 0 Å². The van der Waals surface area contributed by atoms with Crippen molar-refractivity contribution < 1.29 is 19.1 Å². The van der Waals surface area contributed by atoms with Crippen LogP contribution in [0.3, 0.4) is 0 Å². The Labute approximate surface area is 318 Å². The number of pyridine rings is 1. The summed E-state index contributed by atoms with van der Waals surface area (Å²) in [6.07, 6.45) is 4.30. The third kappa shape index (κ3) is 7.08. The molecule has 4 aliphatic heterocycles. The Hall–Kier alpha value is -6.28. The van der Waals surface area contributed by atoms with Crippen molar-refractivity contribution in [3.05, 3.63) is 90.3 Å². The Morgan fingerprint density at radius 1 is 0.927 bits per heavy atom. The van der Waals surface area contributed by atoms with Gasteiger partial charge in [-0.25, -0.2) is 19.7 Å². The summed E-state index contributed by atoms with van der Waals surface area (Å²) in [5, 5.41) is 10.1. The molecular weight excluding hydrogens is 697 g/mol. The molecule has 9 rings (SSSR count). The molecule has 0 unspecified atom stereocenters. The number of amides is 4. The van der Waals surface area contributed by atoms with Crippen LogP contribution in [0.5, 0.6) is 5.88 Å². The van der Waals surface area contributed by atoms with E-state index in [0.717, 1.165) is 88.6 Å². The SMILES string of the molecule is Cc1c(-c2ccc3cnc(Nc4cccc(CC(=O)N5CCN(C6CN(c7ccc(N8CCC(=O)NC8=O)cc7)C6)CC5)c4)nc3c2)cnc2c1NCCO2. The largest absolute Gasteiger partial charge is 0.474 e. The highest BCUT2D eigenvalue weighted by Gasteiger charge is 2.34. The van der Waals surface area contributed by atoms with Crippen molar-refractivity contribution in [3.63, 3.8) is 0 Å². The Balaban J connectivity index is 0.771. The molecule has 280 valence electrons. The summed E-state index contributed by atoms with van der Waals surface area (Å²) in [6.45, 7) is 8.79. The maximum Gasteiger partial charge on any atom is 0.328 e. The molecule has 0 radical (unpaired) electrons. The number of anilines is 5. The number of carbonyl (C=O) groups excluding carboxylic acids is 3. The number of hydrogen-bond acceptors (Lipinski definition) is 11. The highest BCUT2D eigenvalue weighted by Crippen LogP contribution is 2.36. The molecular formula is C41H42N10O4. The molecule has 14 nitrogen and oxygen atoms in total. The average molecular weight is 739 g/mol. The predicted octanol–water partition coefficient (Wildman–Crippen LogP) is 4.57. The number of benzene rings is 3. The number of nitrogens with one attached hydrogen (secondary N) is 3. The van der Waals surface area contributed by atoms with E-state index in [2.05, 4.69) is 54.8 Å². The van der Waals surface area contributed by atoms with E-state index in [9.17, 15) is 14.4 Å². The molecule has 4 amide bonds. The topological polar surface area (TPSA) is 148 Å². The van der Waals surface area contributed by atoms with Crippen LogP contribution in [0.25, 0.3) is 22.0 Å². The van der Waals surface area contributed by atoms with Gasteiger partial charge in [-0.1, -0.05) is 24.3 Å². The number of piperazine rings is 1. The van der Waals surface area contributed by atoms with Gasteiger partial charge < -0.3 is 25.2 Å². The van der Waals surface area contributed by atoms with Gasteiger partial charge >= 0.3 is 6.03 Å². The van der Waals surface area contributed by atoms with Crippen LogP contribution in [0, 0.1) is 6.92 Å². The third-order valence-electron chi connectivity index (χ3n) is 11.0. The van der Waals surface area contributed by atoms with Gasteiger partial charge in [0, 0.05) is 105 Å². The lowest BCUT2D eigenvalue weighted by atomic mass is 10.00. The standard InChI is InChI=1S/C41H42N10O4/c1-26-34(23-43-39-38(26)42-12-18-55-39)28-5-6-29-22-44-40(46-35(29)21-28)45-30-4-2-3-27(19-30)20-37(53)49-16-14-48(15-17-49)33-24-50(25-33)31-7-9-32(10-8-31)51-13-11-36(52)47-41(51)54/h2-10,19,21-23,33,42H,11-18,20,24-25H2,1H3,(H,44,45,46)(H,47,52,54). The number of aromatic nitrogens is 3. The van der Waals surface area contributed by atoms with Crippen molar-refractivity contribution in [3.8, 4) is 17.0 Å². The number of imide groups is 1. The second-order valence-electron chi connectivity index (χ2n) is 14.5. The summed E-state index contributed by atoms with van der Waals surface area (Å²) in [4.78, 5) is 59.4. The minimum atomic E-state index is -0.372. The van der Waals surface area contributed by atoms with Gasteiger partial charge in [0.1, 0.15) is 12.3 Å². The number of urea groups is 1. The molecule has 4 aliphatic rings. The van der Waals surface area contributed by atoms with E-state index in [0.29, 0.717) is 57.0 Å². The zero-order valence-electron chi connectivity index (χ0n) is 30.6. The number of fused-ring (bicyclic) bond motifs is 2. The second-order valence-corrected chi connectivity index (χ2v) is 14.5. The van der Waals surface area contributed by atoms with Crippen LogP contribution < -0.4 is 30.5 Å². The predicted molar refractivity (Wildman–Crippen MR) is 211 cm³/mol. The van der Waals surface area contributed by atoms with Crippen molar-refractivity contribution in [1.82, 2.24) is 30.1 Å². The van der Waals surface area contributed by atoms with Crippen molar-refractivity contribution in [2.45, 2.75) is 25.8 Å². The number of hydrogen-bond donors (Lipinski definition) is 3. The molecule has 0 spiro atoms. The highest BCUT2D eigenvalue weighted by molar-refractivity contribution is 6.05. The van der Waals surface area contributed by atoms with E-state index in [1.54, 1.807) is 4.90 Å². The highest BCUT2D eigenvalue weighted by atomic mass is 16.5. The molecule has 2 aromatic heterocycles. The van der Waals surface area contributed by atoms with Crippen molar-refractivity contribution in [2.24, 2.45) is 0 Å². The summed E-state index contributed by atoms with van der Waals surface area (Å²) in [7, 11) is 0. The molecule has 55 heavy (non-hydrogen) atoms. The molecule has 3 aromatic carbocycles. The lowest BCUT2D eigenvalue weighted by molar-refractivity contribution is -0.132. The van der Waals surface area contributed by atoms with Gasteiger partial charge in [-0.3, -0.25) is 24.7 Å². The molecule has 14 heteroatoms. The molecule has 0 aliphatic carbocycles. The quantitative estimate of drug-likeness (QED) is 0.206. The van der Waals surface area contributed by atoms with Gasteiger partial charge in [0.2, 0.25) is 23.6 Å². The summed E-state index contributed by atoms with van der Waals surface area (Å²) in [5.74, 6) is 1.01. The Morgan fingerprint density at radius 2 is 1.75 bits per heavy atom. The fourth-order valence-electron chi connectivity index (χ4n) is 7.83. The second kappa shape index (κ2) is 14.5. The minimum Gasteiger partial charge on any atom is -0.474 e. The number of rotatable bonds is 8. The van der Waals surface area contributed by atoms with Gasteiger partial charge in [-0.2, -0.15) is 0 Å². The van der Waals surface area contributed by atoms with E-state index < -0.39 is 0 Å². The summed E-state index contributed by atoms with van der Waals surface area (Å²) in [5.41, 5.74) is 8.53. The first-order valence-corrected chi connectivity index (χ1v) is 18.8. The van der Waals surface area contributed by atoms with Crippen LogP contribution in [0.2, 0.25) is 0 Å². The van der Waals surface area contributed by atoms with Crippen molar-refractivity contribution >= 4 is 57.4 Å². The third-order valence-corrected chi connectivity index (χ3v) is 11.0. The van der Waals surface area contributed by atoms with E-state index in [1.807, 2.05) is 71.9 Å². The van der Waals surface area contributed by atoms with Crippen LogP contribution in [0.4, 0.5) is 33.5 Å². The molecule has 6 heterocycles. The van der Waals surface area contributed by atoms with Gasteiger partial charge in [0.25, 0.3) is 0 Å². The molecule has 3 N–H and O–H groups in total. The van der Waals surface area contributed by atoms with Crippen LogP contribution in [0.15, 0.2) is 79.1 Å². The lowest BCUT2D eigenvalue weighted by Crippen LogP contribution is -2.63. The Bertz CT molecular complexity index is 2290. The van der Waals surface area contributed by atoms with E-state index in [-0.39, 0.29) is 17.8 Å². The molecule has 3 fully saturated rings. The van der Waals surface area contributed by atoms with E-state index in [4.69, 9.17) is 9.72 Å². The van der Waals surface area contributed by atoms with Crippen molar-refractivity contribution in [1.29, 1.82) is 0 Å². The first-order valence-electron chi connectivity index (χ1n) is 18.8. The summed E-state index contributed by atoms with van der Waals surface area (Å²) in [6, 6.07) is 22.0. The van der Waals surface area contributed by atoms with E-state index >= 15 is 0 Å². The maximum absolute atomic E-state index is 13.4. The van der Waals surface area contributed by atoms with Crippen LogP contribution in [0.1, 0.15) is 17.5 Å². The zero-order valence-corrected chi connectivity index (χ0v) is 30.6. The number of nitrogens with zero attached hydrogens (tertiary/aromatic N) is 7. The molecule has 3 saturated heterocycles. The Kier molecular flexibility index (Phi) is 9.10. The van der Waals surface area contributed by atoms with Crippen molar-refractivity contribution in [2.75, 3.05) is 79.4 Å². The van der Waals surface area contributed by atoms with Crippen LogP contribution >= 0.6 is 0 Å². The first kappa shape index (κ1) is 34.5. The molecule has 0 saturated carbocycles. The van der Waals surface area contributed by atoms with Crippen LogP contribution in [-0.2, 0) is 16.0 Å². The van der Waals surface area contributed by atoms with Crippen LogP contribution in [-0.4, -0.2) is 108 Å². The lowest BCUT2D eigenvalue weighted by Gasteiger charge is -2.49. The van der Waals surface area contributed by atoms with Gasteiger partial charge in [-0.15, -0.1) is 0 Å². The molecule has 5 aromatic rings. The molecule has 0 bridgehead atoms. The van der Waals surface area contributed by atoms with Gasteiger partial charge in [-0.05, 0) is 66.1 Å². The average Bonchev–Trinajstić information content (AvgIpc) is 3.18. The number of ether oxygens (including phenoxy) is 1. The minimum absolute atomic E-state index is 0.127.